The summed E-state index contributed by atoms with van der Waals surface area (Å²) in [5.74, 6) is -0.958. The van der Waals surface area contributed by atoms with Gasteiger partial charge in [-0.05, 0) is 90.6 Å². The number of hydrogen-bond donors (Lipinski definition) is 0. The van der Waals surface area contributed by atoms with Crippen molar-refractivity contribution in [3.05, 3.63) is 34.4 Å². The number of ether oxygens (including phenoxy) is 2. The normalized spacial score (nSPS) is 31.9. The van der Waals surface area contributed by atoms with Crippen molar-refractivity contribution in [1.29, 1.82) is 0 Å². The number of carbonyl (C=O) groups excluding carboxylic acids is 2. The first-order chi connectivity index (χ1) is 18.7. The number of nitrogens with zero attached hydrogens (tertiary/aromatic N) is 1. The summed E-state index contributed by atoms with van der Waals surface area (Å²) in [5, 5.41) is -0.271. The van der Waals surface area contributed by atoms with Gasteiger partial charge in [0, 0.05) is 12.0 Å². The van der Waals surface area contributed by atoms with Crippen LogP contribution in [0.2, 0.25) is 0 Å². The van der Waals surface area contributed by atoms with Gasteiger partial charge in [-0.25, -0.2) is 17.5 Å². The van der Waals surface area contributed by atoms with Crippen molar-refractivity contribution in [3.63, 3.8) is 0 Å². The van der Waals surface area contributed by atoms with Crippen molar-refractivity contribution >= 4 is 39.2 Å². The van der Waals surface area contributed by atoms with E-state index < -0.39 is 44.2 Å². The van der Waals surface area contributed by atoms with E-state index in [-0.39, 0.29) is 34.3 Å². The van der Waals surface area contributed by atoms with E-state index in [9.17, 15) is 18.0 Å². The maximum Gasteiger partial charge on any atom is 0.334 e. The lowest BCUT2D eigenvalue weighted by Crippen LogP contribution is -2.54. The summed E-state index contributed by atoms with van der Waals surface area (Å²) >= 11 is 5.64. The average Bonchev–Trinajstić information content (AvgIpc) is 3.45. The molecule has 3 aliphatic carbocycles. The Morgan fingerprint density at radius 3 is 2.29 bits per heavy atom. The van der Waals surface area contributed by atoms with Gasteiger partial charge in [0.15, 0.2) is 11.6 Å². The molecule has 41 heavy (non-hydrogen) atoms. The number of Topliss-reactive ketones (excluding diaryl/α,β-unsaturated/α-hetero) is 1. The fraction of sp³-hybridized carbons (Fsp3) is 0.719. The molecule has 4 aliphatic rings. The van der Waals surface area contributed by atoms with Crippen molar-refractivity contribution < 1.29 is 27.5 Å². The molecule has 226 valence electrons. The summed E-state index contributed by atoms with van der Waals surface area (Å²) in [6.45, 7) is 18.4. The molecule has 1 heterocycles. The first-order valence-corrected chi connectivity index (χ1v) is 16.9. The molecule has 1 saturated heterocycles. The number of fused-ring (bicyclic) bond motifs is 3. The molecule has 0 radical (unpaired) electrons. The zero-order valence-electron chi connectivity index (χ0n) is 26.0. The number of rotatable bonds is 6. The SMILES string of the molecule is CCOC(=O)C1N(S(=O)(=O)CC23CCC(CC2=O)C3(C)C)C(=S)OC1(C)c1cc(C(C)(C)C)cc2c1CCC2(C)C. The molecule has 7 nitrogen and oxygen atoms in total. The Bertz CT molecular complexity index is 1440. The van der Waals surface area contributed by atoms with E-state index >= 15 is 0 Å². The highest BCUT2D eigenvalue weighted by Gasteiger charge is 2.68. The molecule has 0 amide bonds. The molecular formula is C32H45NO6S2. The number of benzene rings is 1. The van der Waals surface area contributed by atoms with Crippen LogP contribution >= 0.6 is 12.2 Å². The van der Waals surface area contributed by atoms with E-state index in [0.717, 1.165) is 40.3 Å². The molecule has 9 heteroatoms. The molecule has 1 aromatic rings. The molecule has 4 atom stereocenters. The summed E-state index contributed by atoms with van der Waals surface area (Å²) in [7, 11) is -4.26. The number of thiocarbonyl (C=S) groups is 1. The number of sulfonamides is 1. The second-order valence-corrected chi connectivity index (χ2v) is 17.2. The van der Waals surface area contributed by atoms with Gasteiger partial charge in [0.05, 0.1) is 17.8 Å². The van der Waals surface area contributed by atoms with Crippen LogP contribution in [0.1, 0.15) is 110 Å². The Kier molecular flexibility index (Phi) is 6.87. The molecule has 1 aliphatic heterocycles. The number of ketones is 1. The minimum atomic E-state index is -4.26. The molecule has 2 bridgehead atoms. The fourth-order valence-corrected chi connectivity index (χ4v) is 11.0. The maximum atomic E-state index is 14.4. The highest BCUT2D eigenvalue weighted by Crippen LogP contribution is 2.64. The second kappa shape index (κ2) is 9.25. The van der Waals surface area contributed by atoms with Gasteiger partial charge in [-0.15, -0.1) is 0 Å². The van der Waals surface area contributed by atoms with E-state index in [0.29, 0.717) is 12.8 Å². The van der Waals surface area contributed by atoms with Crippen molar-refractivity contribution in [3.8, 4) is 0 Å². The first kappa shape index (κ1) is 30.5. The highest BCUT2D eigenvalue weighted by molar-refractivity contribution is 7.91. The molecule has 2 saturated carbocycles. The predicted octanol–water partition coefficient (Wildman–Crippen LogP) is 5.70. The topological polar surface area (TPSA) is 90.0 Å². The second-order valence-electron chi connectivity index (χ2n) is 15.0. The van der Waals surface area contributed by atoms with Crippen LogP contribution in [0.5, 0.6) is 0 Å². The molecule has 3 fully saturated rings. The Labute approximate surface area is 250 Å². The van der Waals surface area contributed by atoms with Gasteiger partial charge in [-0.3, -0.25) is 4.79 Å². The summed E-state index contributed by atoms with van der Waals surface area (Å²) in [6.07, 6.45) is 3.43. The molecule has 5 rings (SSSR count). The summed E-state index contributed by atoms with van der Waals surface area (Å²) in [5.41, 5.74) is 0.953. The van der Waals surface area contributed by atoms with E-state index in [2.05, 4.69) is 46.8 Å². The Hall–Kier alpha value is -2.00. The average molecular weight is 604 g/mol. The molecular weight excluding hydrogens is 558 g/mol. The van der Waals surface area contributed by atoms with Crippen LogP contribution in [-0.4, -0.2) is 48.1 Å². The molecule has 0 spiro atoms. The quantitative estimate of drug-likeness (QED) is 0.305. The van der Waals surface area contributed by atoms with Gasteiger partial charge in [0.1, 0.15) is 5.78 Å². The number of hydrogen-bond acceptors (Lipinski definition) is 7. The van der Waals surface area contributed by atoms with Crippen molar-refractivity contribution in [1.82, 2.24) is 4.31 Å². The van der Waals surface area contributed by atoms with E-state index in [4.69, 9.17) is 21.7 Å². The lowest BCUT2D eigenvalue weighted by Gasteiger charge is -2.38. The van der Waals surface area contributed by atoms with Crippen molar-refractivity contribution in [2.75, 3.05) is 12.4 Å². The first-order valence-electron chi connectivity index (χ1n) is 14.9. The number of esters is 1. The van der Waals surface area contributed by atoms with Crippen LogP contribution in [-0.2, 0) is 51.9 Å². The lowest BCUT2D eigenvalue weighted by molar-refractivity contribution is -0.150. The molecule has 4 unspecified atom stereocenters. The van der Waals surface area contributed by atoms with Crippen molar-refractivity contribution in [2.24, 2.45) is 16.7 Å². The van der Waals surface area contributed by atoms with Gasteiger partial charge >= 0.3 is 5.97 Å². The summed E-state index contributed by atoms with van der Waals surface area (Å²) < 4.78 is 41.7. The van der Waals surface area contributed by atoms with E-state index in [1.54, 1.807) is 13.8 Å². The maximum absolute atomic E-state index is 14.4. The molecule has 0 N–H and O–H groups in total. The number of carbonyl (C=O) groups is 2. The zero-order chi connectivity index (χ0) is 30.6. The summed E-state index contributed by atoms with van der Waals surface area (Å²) in [6, 6.07) is 2.96. The van der Waals surface area contributed by atoms with Gasteiger partial charge in [-0.2, -0.15) is 0 Å². The Morgan fingerprint density at radius 1 is 1.12 bits per heavy atom. The van der Waals surface area contributed by atoms with Crippen LogP contribution < -0.4 is 0 Å². The zero-order valence-corrected chi connectivity index (χ0v) is 27.6. The smallest absolute Gasteiger partial charge is 0.334 e. The van der Waals surface area contributed by atoms with E-state index in [1.165, 1.54) is 5.56 Å². The minimum Gasteiger partial charge on any atom is -0.464 e. The van der Waals surface area contributed by atoms with Crippen LogP contribution in [0.4, 0.5) is 0 Å². The van der Waals surface area contributed by atoms with Gasteiger partial charge in [0.25, 0.3) is 5.17 Å². The van der Waals surface area contributed by atoms with Gasteiger partial charge < -0.3 is 9.47 Å². The summed E-state index contributed by atoms with van der Waals surface area (Å²) in [4.78, 5) is 27.1. The Morgan fingerprint density at radius 2 is 1.76 bits per heavy atom. The van der Waals surface area contributed by atoms with Gasteiger partial charge in [-0.1, -0.05) is 60.6 Å². The third kappa shape index (κ3) is 4.30. The monoisotopic (exact) mass is 603 g/mol. The largest absolute Gasteiger partial charge is 0.464 e. The van der Waals surface area contributed by atoms with Crippen LogP contribution in [0.3, 0.4) is 0 Å². The van der Waals surface area contributed by atoms with Gasteiger partial charge in [0.2, 0.25) is 10.0 Å². The van der Waals surface area contributed by atoms with E-state index in [1.807, 2.05) is 13.8 Å². The third-order valence-corrected chi connectivity index (χ3v) is 13.2. The van der Waals surface area contributed by atoms with Crippen LogP contribution in [0, 0.1) is 16.7 Å². The third-order valence-electron chi connectivity index (χ3n) is 11.0. The molecule has 1 aromatic carbocycles. The van der Waals surface area contributed by atoms with Crippen molar-refractivity contribution in [2.45, 2.75) is 117 Å². The van der Waals surface area contributed by atoms with Crippen LogP contribution in [0.25, 0.3) is 0 Å². The standard InChI is InChI=1S/C32H45NO6S2/c1-10-38-26(35)25-31(9,23-16-20(28(2,3)4)15-22-21(23)12-13-29(22,5)6)39-27(40)33(25)41(36,37)18-32-14-11-19(17-24(32)34)30(32,7)8/h15-16,19,25H,10-14,17-18H2,1-9H3. The highest BCUT2D eigenvalue weighted by atomic mass is 32.2. The Balaban J connectivity index is 1.67. The molecule has 0 aromatic heterocycles. The predicted molar refractivity (Wildman–Crippen MR) is 162 cm³/mol. The minimum absolute atomic E-state index is 0.0123. The van der Waals surface area contributed by atoms with Crippen LogP contribution in [0.15, 0.2) is 12.1 Å². The fourth-order valence-electron chi connectivity index (χ4n) is 8.11. The lowest BCUT2D eigenvalue weighted by atomic mass is 9.70.